The zero-order chi connectivity index (χ0) is 18.7. The van der Waals surface area contributed by atoms with Crippen LogP contribution in [0.25, 0.3) is 5.65 Å². The van der Waals surface area contributed by atoms with Gasteiger partial charge in [0.05, 0.1) is 12.2 Å². The Morgan fingerprint density at radius 3 is 2.63 bits per heavy atom. The zero-order valence-corrected chi connectivity index (χ0v) is 16.1. The lowest BCUT2D eigenvalue weighted by Crippen LogP contribution is -2.41. The second-order valence-corrected chi connectivity index (χ2v) is 7.32. The van der Waals surface area contributed by atoms with Crippen LogP contribution in [-0.2, 0) is 12.0 Å². The third-order valence-corrected chi connectivity index (χ3v) is 5.32. The van der Waals surface area contributed by atoms with Gasteiger partial charge in [0.1, 0.15) is 5.65 Å². The molecule has 1 aromatic carbocycles. The second-order valence-electron chi connectivity index (χ2n) is 7.32. The van der Waals surface area contributed by atoms with Gasteiger partial charge in [-0.25, -0.2) is 9.98 Å². The first-order chi connectivity index (χ1) is 13.2. The Morgan fingerprint density at radius 2 is 1.93 bits per heavy atom. The van der Waals surface area contributed by atoms with Crippen LogP contribution in [0.4, 0.5) is 0 Å². The van der Waals surface area contributed by atoms with Gasteiger partial charge in [0.2, 0.25) is 0 Å². The minimum absolute atomic E-state index is 0.262. The van der Waals surface area contributed by atoms with Crippen molar-refractivity contribution in [1.82, 2.24) is 20.0 Å². The van der Waals surface area contributed by atoms with Gasteiger partial charge < -0.3 is 15.0 Å². The second kappa shape index (κ2) is 7.43. The van der Waals surface area contributed by atoms with Gasteiger partial charge in [0.15, 0.2) is 5.96 Å². The van der Waals surface area contributed by atoms with Crippen molar-refractivity contribution in [2.75, 3.05) is 13.1 Å². The molecule has 0 spiro atoms. The normalized spacial score (nSPS) is 15.7. The number of fused-ring (bicyclic) bond motifs is 1. The number of aromatic nitrogens is 2. The summed E-state index contributed by atoms with van der Waals surface area (Å²) in [7, 11) is 0. The SMILES string of the molecule is CCNC(=NCc1cn2c(C)cccc2n1)NCC1(c2ccccc2)CC1. The van der Waals surface area contributed by atoms with Crippen LogP contribution >= 0.6 is 0 Å². The summed E-state index contributed by atoms with van der Waals surface area (Å²) in [5.41, 5.74) is 4.81. The lowest BCUT2D eigenvalue weighted by molar-refractivity contribution is 0.646. The van der Waals surface area contributed by atoms with Gasteiger partial charge in [-0.3, -0.25) is 0 Å². The van der Waals surface area contributed by atoms with E-state index in [1.165, 1.54) is 24.1 Å². The molecule has 2 N–H and O–H groups in total. The smallest absolute Gasteiger partial charge is 0.191 e. The molecule has 0 bridgehead atoms. The zero-order valence-electron chi connectivity index (χ0n) is 16.1. The topological polar surface area (TPSA) is 53.7 Å². The fraction of sp³-hybridized carbons (Fsp3) is 0.364. The number of nitrogens with one attached hydrogen (secondary N) is 2. The molecule has 2 heterocycles. The van der Waals surface area contributed by atoms with Crippen LogP contribution in [0.15, 0.2) is 59.7 Å². The predicted octanol–water partition coefficient (Wildman–Crippen LogP) is 3.43. The largest absolute Gasteiger partial charge is 0.357 e. The molecule has 0 unspecified atom stereocenters. The average Bonchev–Trinajstić information content (AvgIpc) is 3.37. The third kappa shape index (κ3) is 3.82. The number of hydrogen-bond acceptors (Lipinski definition) is 2. The maximum absolute atomic E-state index is 4.75. The molecule has 0 saturated heterocycles. The summed E-state index contributed by atoms with van der Waals surface area (Å²) < 4.78 is 2.11. The highest BCUT2D eigenvalue weighted by molar-refractivity contribution is 5.80. The molecule has 3 aromatic rings. The molecule has 1 aliphatic rings. The van der Waals surface area contributed by atoms with Crippen LogP contribution in [-0.4, -0.2) is 28.4 Å². The van der Waals surface area contributed by atoms with E-state index in [4.69, 9.17) is 4.99 Å². The molecule has 27 heavy (non-hydrogen) atoms. The maximum Gasteiger partial charge on any atom is 0.191 e. The van der Waals surface area contributed by atoms with Gasteiger partial charge in [-0.2, -0.15) is 0 Å². The van der Waals surface area contributed by atoms with Gasteiger partial charge in [-0.1, -0.05) is 36.4 Å². The predicted molar refractivity (Wildman–Crippen MR) is 110 cm³/mol. The molecule has 5 heteroatoms. The van der Waals surface area contributed by atoms with E-state index in [1.54, 1.807) is 0 Å². The van der Waals surface area contributed by atoms with Gasteiger partial charge in [0.25, 0.3) is 0 Å². The fourth-order valence-electron chi connectivity index (χ4n) is 3.54. The van der Waals surface area contributed by atoms with Crippen LogP contribution in [0.5, 0.6) is 0 Å². The first kappa shape index (κ1) is 17.6. The van der Waals surface area contributed by atoms with Gasteiger partial charge in [0, 0.05) is 30.4 Å². The molecule has 1 saturated carbocycles. The molecule has 1 fully saturated rings. The molecule has 0 radical (unpaired) electrons. The summed E-state index contributed by atoms with van der Waals surface area (Å²) in [6.07, 6.45) is 4.54. The number of aliphatic imine (C=N–C) groups is 1. The van der Waals surface area contributed by atoms with Crippen molar-refractivity contribution in [2.45, 2.75) is 38.6 Å². The standard InChI is InChI=1S/C22H27N5/c1-3-23-21(25-16-22(12-13-22)18-9-5-4-6-10-18)24-14-19-15-27-17(2)8-7-11-20(27)26-19/h4-11,15H,3,12-14,16H2,1-2H3,(H2,23,24,25). The number of pyridine rings is 1. The summed E-state index contributed by atoms with van der Waals surface area (Å²) in [5, 5.41) is 6.90. The first-order valence-electron chi connectivity index (χ1n) is 9.71. The van der Waals surface area contributed by atoms with Gasteiger partial charge in [-0.15, -0.1) is 0 Å². The molecule has 140 valence electrons. The molecule has 0 atom stereocenters. The van der Waals surface area contributed by atoms with E-state index in [2.05, 4.69) is 76.5 Å². The summed E-state index contributed by atoms with van der Waals surface area (Å²) in [4.78, 5) is 9.43. The number of aryl methyl sites for hydroxylation is 1. The highest BCUT2D eigenvalue weighted by Crippen LogP contribution is 2.47. The third-order valence-electron chi connectivity index (χ3n) is 5.32. The van der Waals surface area contributed by atoms with Crippen LogP contribution < -0.4 is 10.6 Å². The Labute approximate surface area is 160 Å². The number of imidazole rings is 1. The number of hydrogen-bond donors (Lipinski definition) is 2. The van der Waals surface area contributed by atoms with Crippen molar-refractivity contribution < 1.29 is 0 Å². The number of benzene rings is 1. The van der Waals surface area contributed by atoms with Crippen molar-refractivity contribution in [3.63, 3.8) is 0 Å². The minimum Gasteiger partial charge on any atom is -0.357 e. The monoisotopic (exact) mass is 361 g/mol. The van der Waals surface area contributed by atoms with Crippen LogP contribution in [0.2, 0.25) is 0 Å². The summed E-state index contributed by atoms with van der Waals surface area (Å²) in [6.45, 7) is 6.50. The molecular weight excluding hydrogens is 334 g/mol. The Morgan fingerprint density at radius 1 is 1.11 bits per heavy atom. The van der Waals surface area contributed by atoms with E-state index in [0.29, 0.717) is 6.54 Å². The lowest BCUT2D eigenvalue weighted by Gasteiger charge is -2.19. The fourth-order valence-corrected chi connectivity index (χ4v) is 3.54. The van der Waals surface area contributed by atoms with Crippen LogP contribution in [0, 0.1) is 6.92 Å². The Bertz CT molecular complexity index is 938. The summed E-state index contributed by atoms with van der Waals surface area (Å²) in [6, 6.07) is 17.0. The number of nitrogens with zero attached hydrogens (tertiary/aromatic N) is 3. The molecule has 1 aliphatic carbocycles. The summed E-state index contributed by atoms with van der Waals surface area (Å²) >= 11 is 0. The van der Waals surface area contributed by atoms with E-state index in [9.17, 15) is 0 Å². The summed E-state index contributed by atoms with van der Waals surface area (Å²) in [5.74, 6) is 0.855. The average molecular weight is 361 g/mol. The molecule has 0 aliphatic heterocycles. The van der Waals surface area contributed by atoms with E-state index in [0.717, 1.165) is 30.4 Å². The highest BCUT2D eigenvalue weighted by Gasteiger charge is 2.43. The van der Waals surface area contributed by atoms with Crippen molar-refractivity contribution in [3.8, 4) is 0 Å². The van der Waals surface area contributed by atoms with Gasteiger partial charge >= 0.3 is 0 Å². The van der Waals surface area contributed by atoms with E-state index < -0.39 is 0 Å². The molecular formula is C22H27N5. The van der Waals surface area contributed by atoms with Crippen molar-refractivity contribution >= 4 is 11.6 Å². The van der Waals surface area contributed by atoms with Crippen LogP contribution in [0.1, 0.15) is 36.7 Å². The Kier molecular flexibility index (Phi) is 4.84. The van der Waals surface area contributed by atoms with Crippen molar-refractivity contribution in [1.29, 1.82) is 0 Å². The van der Waals surface area contributed by atoms with E-state index in [-0.39, 0.29) is 5.41 Å². The van der Waals surface area contributed by atoms with E-state index >= 15 is 0 Å². The number of rotatable bonds is 6. The Balaban J connectivity index is 1.45. The van der Waals surface area contributed by atoms with Gasteiger partial charge in [-0.05, 0) is 44.4 Å². The van der Waals surface area contributed by atoms with Crippen molar-refractivity contribution in [3.05, 3.63) is 71.7 Å². The lowest BCUT2D eigenvalue weighted by atomic mass is 9.96. The minimum atomic E-state index is 0.262. The molecule has 0 amide bonds. The molecule has 2 aromatic heterocycles. The molecule has 5 nitrogen and oxygen atoms in total. The van der Waals surface area contributed by atoms with E-state index in [1.807, 2.05) is 12.1 Å². The van der Waals surface area contributed by atoms with Crippen molar-refractivity contribution in [2.24, 2.45) is 4.99 Å². The maximum atomic E-state index is 4.75. The highest BCUT2D eigenvalue weighted by atomic mass is 15.2. The number of guanidine groups is 1. The quantitative estimate of drug-likeness (QED) is 0.522. The van der Waals surface area contributed by atoms with Crippen LogP contribution in [0.3, 0.4) is 0 Å². The first-order valence-corrected chi connectivity index (χ1v) is 9.71. The molecule has 4 rings (SSSR count). The Hall–Kier alpha value is -2.82.